The number of hydrogen-bond acceptors (Lipinski definition) is 7. The summed E-state index contributed by atoms with van der Waals surface area (Å²) in [7, 11) is -3.64. The third-order valence-electron chi connectivity index (χ3n) is 4.18. The van der Waals surface area contributed by atoms with Crippen LogP contribution >= 0.6 is 22.9 Å². The molecule has 27 heavy (non-hydrogen) atoms. The summed E-state index contributed by atoms with van der Waals surface area (Å²) in [6.45, 7) is 0.419. The first-order chi connectivity index (χ1) is 12.8. The minimum atomic E-state index is -3.64. The van der Waals surface area contributed by atoms with Gasteiger partial charge in [-0.15, -0.1) is 0 Å². The molecule has 1 aromatic heterocycles. The Hall–Kier alpha value is -2.08. The van der Waals surface area contributed by atoms with Gasteiger partial charge in [0.15, 0.2) is 5.13 Å². The summed E-state index contributed by atoms with van der Waals surface area (Å²) in [5.41, 5.74) is 0. The van der Waals surface area contributed by atoms with Crippen LogP contribution in [-0.2, 0) is 14.8 Å². The van der Waals surface area contributed by atoms with Gasteiger partial charge in [0, 0.05) is 24.0 Å². The molecule has 1 aromatic carbocycles. The first kappa shape index (κ1) is 19.7. The number of benzene rings is 1. The van der Waals surface area contributed by atoms with E-state index < -0.39 is 14.9 Å². The summed E-state index contributed by atoms with van der Waals surface area (Å²) in [6, 6.07) is 5.93. The number of nitrogens with one attached hydrogen (secondary N) is 1. The number of anilines is 1. The molecule has 1 fully saturated rings. The summed E-state index contributed by atoms with van der Waals surface area (Å²) >= 11 is 6.57. The van der Waals surface area contributed by atoms with E-state index in [1.54, 1.807) is 0 Å². The van der Waals surface area contributed by atoms with Crippen LogP contribution in [0.15, 0.2) is 35.4 Å². The van der Waals surface area contributed by atoms with E-state index in [4.69, 9.17) is 11.6 Å². The number of sulfonamides is 1. The SMILES string of the molecule is O=C(Nc1ncc([N+](=O)[O-])s1)C1CCN(S(=O)(=O)c2ccc(Cl)cc2)CC1. The van der Waals surface area contributed by atoms with Gasteiger partial charge in [0.05, 0.1) is 9.82 Å². The number of carbonyl (C=O) groups excluding carboxylic acids is 1. The maximum Gasteiger partial charge on any atom is 0.345 e. The molecular weight excluding hydrogens is 416 g/mol. The summed E-state index contributed by atoms with van der Waals surface area (Å²) < 4.78 is 26.6. The highest BCUT2D eigenvalue weighted by atomic mass is 35.5. The molecule has 3 rings (SSSR count). The predicted octanol–water partition coefficient (Wildman–Crippen LogP) is 2.74. The summed E-state index contributed by atoms with van der Waals surface area (Å²) in [4.78, 5) is 26.4. The monoisotopic (exact) mass is 430 g/mol. The maximum absolute atomic E-state index is 12.6. The number of piperidine rings is 1. The molecule has 1 N–H and O–H groups in total. The molecule has 9 nitrogen and oxygen atoms in total. The van der Waals surface area contributed by atoms with Crippen LogP contribution in [0.3, 0.4) is 0 Å². The second-order valence-corrected chi connectivity index (χ2v) is 9.27. The number of nitrogens with zero attached hydrogens (tertiary/aromatic N) is 3. The van der Waals surface area contributed by atoms with Crippen molar-refractivity contribution in [2.45, 2.75) is 17.7 Å². The number of rotatable bonds is 5. The van der Waals surface area contributed by atoms with Crippen LogP contribution in [-0.4, -0.2) is 41.6 Å². The van der Waals surface area contributed by atoms with Crippen LogP contribution in [0.1, 0.15) is 12.8 Å². The first-order valence-electron chi connectivity index (χ1n) is 7.94. The van der Waals surface area contributed by atoms with Crippen molar-refractivity contribution in [1.82, 2.24) is 9.29 Å². The number of amides is 1. The molecule has 0 unspecified atom stereocenters. The zero-order valence-corrected chi connectivity index (χ0v) is 16.3. The lowest BCUT2D eigenvalue weighted by molar-refractivity contribution is -0.380. The Labute approximate surface area is 164 Å². The Balaban J connectivity index is 1.60. The maximum atomic E-state index is 12.6. The van der Waals surface area contributed by atoms with E-state index in [2.05, 4.69) is 10.3 Å². The van der Waals surface area contributed by atoms with Crippen LogP contribution in [0.5, 0.6) is 0 Å². The number of thiazole rings is 1. The van der Waals surface area contributed by atoms with E-state index in [0.717, 1.165) is 17.5 Å². The lowest BCUT2D eigenvalue weighted by Gasteiger charge is -2.30. The van der Waals surface area contributed by atoms with Gasteiger partial charge in [-0.1, -0.05) is 11.6 Å². The lowest BCUT2D eigenvalue weighted by atomic mass is 9.97. The van der Waals surface area contributed by atoms with Crippen molar-refractivity contribution in [1.29, 1.82) is 0 Å². The van der Waals surface area contributed by atoms with Gasteiger partial charge in [0.2, 0.25) is 15.9 Å². The number of carbonyl (C=O) groups is 1. The van der Waals surface area contributed by atoms with Crippen molar-refractivity contribution >= 4 is 49.0 Å². The molecule has 0 saturated carbocycles. The average Bonchev–Trinajstić information content (AvgIpc) is 3.11. The van der Waals surface area contributed by atoms with Crippen LogP contribution in [0.25, 0.3) is 0 Å². The fraction of sp³-hybridized carbons (Fsp3) is 0.333. The average molecular weight is 431 g/mol. The normalized spacial score (nSPS) is 16.2. The first-order valence-corrected chi connectivity index (χ1v) is 10.6. The Morgan fingerprint density at radius 3 is 2.48 bits per heavy atom. The molecule has 1 aliphatic heterocycles. The number of nitro groups is 1. The van der Waals surface area contributed by atoms with Gasteiger partial charge in [-0.2, -0.15) is 4.31 Å². The van der Waals surface area contributed by atoms with Gasteiger partial charge in [0.1, 0.15) is 6.20 Å². The van der Waals surface area contributed by atoms with Gasteiger partial charge >= 0.3 is 5.00 Å². The quantitative estimate of drug-likeness (QED) is 0.574. The molecule has 0 bridgehead atoms. The lowest BCUT2D eigenvalue weighted by Crippen LogP contribution is -2.41. The summed E-state index contributed by atoms with van der Waals surface area (Å²) in [5.74, 6) is -0.701. The van der Waals surface area contributed by atoms with Gasteiger partial charge in [-0.3, -0.25) is 14.9 Å². The molecule has 2 heterocycles. The Bertz CT molecular complexity index is 953. The Kier molecular flexibility index (Phi) is 5.75. The van der Waals surface area contributed by atoms with E-state index >= 15 is 0 Å². The van der Waals surface area contributed by atoms with Gasteiger partial charge in [-0.05, 0) is 48.4 Å². The van der Waals surface area contributed by atoms with Crippen molar-refractivity contribution in [3.8, 4) is 0 Å². The minimum absolute atomic E-state index is 0.155. The second kappa shape index (κ2) is 7.89. The van der Waals surface area contributed by atoms with Crippen molar-refractivity contribution < 1.29 is 18.1 Å². The molecular formula is C15H15ClN4O5S2. The molecule has 1 amide bonds. The molecule has 0 atom stereocenters. The number of aromatic nitrogens is 1. The van der Waals surface area contributed by atoms with Crippen LogP contribution in [0, 0.1) is 16.0 Å². The van der Waals surface area contributed by atoms with Gasteiger partial charge < -0.3 is 5.32 Å². The highest BCUT2D eigenvalue weighted by Gasteiger charge is 2.32. The smallest absolute Gasteiger partial charge is 0.302 e. The predicted molar refractivity (Wildman–Crippen MR) is 100 cm³/mol. The fourth-order valence-corrected chi connectivity index (χ4v) is 4.96. The second-order valence-electron chi connectivity index (χ2n) is 5.88. The standard InChI is InChI=1S/C15H15ClN4O5S2/c16-11-1-3-12(4-2-11)27(24,25)19-7-5-10(6-8-19)14(21)18-15-17-9-13(26-15)20(22)23/h1-4,9-10H,5-8H2,(H,17,18,21). The van der Waals surface area contributed by atoms with Gasteiger partial charge in [0.25, 0.3) is 0 Å². The van der Waals surface area contributed by atoms with Crippen LogP contribution in [0.4, 0.5) is 10.1 Å². The minimum Gasteiger partial charge on any atom is -0.302 e. The van der Waals surface area contributed by atoms with Crippen molar-refractivity contribution in [3.63, 3.8) is 0 Å². The fourth-order valence-electron chi connectivity index (χ4n) is 2.73. The van der Waals surface area contributed by atoms with E-state index in [1.807, 2.05) is 0 Å². The van der Waals surface area contributed by atoms with Gasteiger partial charge in [-0.25, -0.2) is 13.4 Å². The number of halogens is 1. The van der Waals surface area contributed by atoms with E-state index in [1.165, 1.54) is 28.6 Å². The molecule has 1 aliphatic rings. The topological polar surface area (TPSA) is 123 Å². The highest BCUT2D eigenvalue weighted by molar-refractivity contribution is 7.89. The third kappa shape index (κ3) is 4.43. The zero-order valence-electron chi connectivity index (χ0n) is 13.9. The highest BCUT2D eigenvalue weighted by Crippen LogP contribution is 2.28. The van der Waals surface area contributed by atoms with E-state index in [-0.39, 0.29) is 39.9 Å². The van der Waals surface area contributed by atoms with Crippen molar-refractivity contribution in [3.05, 3.63) is 45.6 Å². The largest absolute Gasteiger partial charge is 0.345 e. The van der Waals surface area contributed by atoms with Crippen molar-refractivity contribution in [2.24, 2.45) is 5.92 Å². The molecule has 2 aromatic rings. The molecule has 0 spiro atoms. The Morgan fingerprint density at radius 2 is 1.93 bits per heavy atom. The van der Waals surface area contributed by atoms with Crippen LogP contribution in [0.2, 0.25) is 5.02 Å². The van der Waals surface area contributed by atoms with E-state index in [9.17, 15) is 23.3 Å². The third-order valence-corrected chi connectivity index (χ3v) is 7.21. The molecule has 12 heteroatoms. The summed E-state index contributed by atoms with van der Waals surface area (Å²) in [5, 5.41) is 13.7. The molecule has 0 aliphatic carbocycles. The van der Waals surface area contributed by atoms with Crippen LogP contribution < -0.4 is 5.32 Å². The Morgan fingerprint density at radius 1 is 1.30 bits per heavy atom. The van der Waals surface area contributed by atoms with E-state index in [0.29, 0.717) is 17.9 Å². The molecule has 144 valence electrons. The zero-order chi connectivity index (χ0) is 19.6. The number of hydrogen-bond donors (Lipinski definition) is 1. The molecule has 1 saturated heterocycles. The van der Waals surface area contributed by atoms with Crippen molar-refractivity contribution in [2.75, 3.05) is 18.4 Å². The summed E-state index contributed by atoms with van der Waals surface area (Å²) in [6.07, 6.45) is 1.79. The molecule has 0 radical (unpaired) electrons.